The average Bonchev–Trinajstić information content (AvgIpc) is 3.30. The molecule has 0 heterocycles. The van der Waals surface area contributed by atoms with Crippen molar-refractivity contribution in [1.29, 1.82) is 0 Å². The van der Waals surface area contributed by atoms with Crippen LogP contribution in [0.25, 0.3) is 0 Å². The summed E-state index contributed by atoms with van der Waals surface area (Å²) in [4.78, 5) is 24.8. The van der Waals surface area contributed by atoms with Gasteiger partial charge in [0.15, 0.2) is 9.84 Å². The standard InChI is InChI=1S/C23H27NO5S/c1-15-6-10-17(11-7-15)19-20(30(27,28)18-12-8-16(2)9-13-18)23(19,14-25)24-21(26)29-22(3,4)5/h6-14,19-20H,1-5H3,(H,24,26)/t19-,20+,23-/m0/s1. The number of carbonyl (C=O) groups excluding carboxylic acids is 2. The van der Waals surface area contributed by atoms with E-state index < -0.39 is 38.2 Å². The van der Waals surface area contributed by atoms with Crippen LogP contribution in [0.15, 0.2) is 53.4 Å². The van der Waals surface area contributed by atoms with Crippen molar-refractivity contribution in [2.24, 2.45) is 0 Å². The van der Waals surface area contributed by atoms with E-state index in [1.807, 2.05) is 26.0 Å². The van der Waals surface area contributed by atoms with Crippen molar-refractivity contribution in [2.75, 3.05) is 0 Å². The summed E-state index contributed by atoms with van der Waals surface area (Å²) in [6.07, 6.45) is -0.300. The Morgan fingerprint density at radius 1 is 1.00 bits per heavy atom. The van der Waals surface area contributed by atoms with Gasteiger partial charge in [0.1, 0.15) is 22.7 Å². The molecular formula is C23H27NO5S. The van der Waals surface area contributed by atoms with Crippen molar-refractivity contribution < 1.29 is 22.7 Å². The lowest BCUT2D eigenvalue weighted by atomic mass is 10.1. The largest absolute Gasteiger partial charge is 0.444 e. The Balaban J connectivity index is 2.04. The molecule has 160 valence electrons. The summed E-state index contributed by atoms with van der Waals surface area (Å²) in [5.41, 5.74) is 0.224. The lowest BCUT2D eigenvalue weighted by Crippen LogP contribution is -2.45. The molecule has 0 radical (unpaired) electrons. The van der Waals surface area contributed by atoms with Crippen molar-refractivity contribution in [3.63, 3.8) is 0 Å². The quantitative estimate of drug-likeness (QED) is 0.732. The minimum atomic E-state index is -3.90. The number of benzene rings is 2. The number of aldehydes is 1. The molecule has 0 unspecified atom stereocenters. The highest BCUT2D eigenvalue weighted by molar-refractivity contribution is 7.92. The zero-order valence-electron chi connectivity index (χ0n) is 17.8. The number of alkyl carbamates (subject to hydrolysis) is 1. The first-order valence-corrected chi connectivity index (χ1v) is 11.3. The molecule has 0 saturated heterocycles. The Kier molecular flexibility index (Phi) is 5.54. The Labute approximate surface area is 177 Å². The van der Waals surface area contributed by atoms with E-state index in [1.165, 1.54) is 12.1 Å². The number of aryl methyl sites for hydroxylation is 2. The van der Waals surface area contributed by atoms with Gasteiger partial charge < -0.3 is 14.8 Å². The Bertz CT molecular complexity index is 1050. The smallest absolute Gasteiger partial charge is 0.408 e. The number of hydrogen-bond acceptors (Lipinski definition) is 5. The van der Waals surface area contributed by atoms with Crippen molar-refractivity contribution in [2.45, 2.75) is 61.8 Å². The van der Waals surface area contributed by atoms with Crippen LogP contribution >= 0.6 is 0 Å². The van der Waals surface area contributed by atoms with E-state index in [2.05, 4.69) is 5.32 Å². The third-order valence-electron chi connectivity index (χ3n) is 5.21. The fraction of sp³-hybridized carbons (Fsp3) is 0.391. The third kappa shape index (κ3) is 4.12. The van der Waals surface area contributed by atoms with Crippen LogP contribution in [-0.4, -0.2) is 37.2 Å². The molecule has 0 aromatic heterocycles. The molecule has 3 rings (SSSR count). The van der Waals surface area contributed by atoms with Crippen molar-refractivity contribution in [3.8, 4) is 0 Å². The van der Waals surface area contributed by atoms with Gasteiger partial charge >= 0.3 is 6.09 Å². The Morgan fingerprint density at radius 3 is 1.97 bits per heavy atom. The number of sulfone groups is 1. The lowest BCUT2D eigenvalue weighted by molar-refractivity contribution is -0.110. The van der Waals surface area contributed by atoms with Gasteiger partial charge in [0.05, 0.1) is 4.90 Å². The maximum atomic E-state index is 13.4. The monoisotopic (exact) mass is 429 g/mol. The van der Waals surface area contributed by atoms with E-state index in [1.54, 1.807) is 45.0 Å². The lowest BCUT2D eigenvalue weighted by Gasteiger charge is -2.22. The molecule has 1 N–H and O–H groups in total. The van der Waals surface area contributed by atoms with Crippen LogP contribution in [0.2, 0.25) is 0 Å². The first kappa shape index (κ1) is 22.0. The minimum Gasteiger partial charge on any atom is -0.444 e. The maximum Gasteiger partial charge on any atom is 0.408 e. The number of hydrogen-bond donors (Lipinski definition) is 1. The number of carbonyl (C=O) groups is 2. The fourth-order valence-electron chi connectivity index (χ4n) is 3.71. The highest BCUT2D eigenvalue weighted by atomic mass is 32.2. The van der Waals surface area contributed by atoms with E-state index in [0.717, 1.165) is 11.1 Å². The van der Waals surface area contributed by atoms with Crippen LogP contribution in [0.4, 0.5) is 4.79 Å². The molecule has 0 aliphatic heterocycles. The highest BCUT2D eigenvalue weighted by Gasteiger charge is 2.73. The molecule has 1 aliphatic rings. The van der Waals surface area contributed by atoms with Crippen molar-refractivity contribution in [3.05, 3.63) is 65.2 Å². The van der Waals surface area contributed by atoms with Gasteiger partial charge in [0.25, 0.3) is 0 Å². The van der Waals surface area contributed by atoms with E-state index in [-0.39, 0.29) is 4.90 Å². The van der Waals surface area contributed by atoms with Gasteiger partial charge in [0.2, 0.25) is 0 Å². The predicted molar refractivity (Wildman–Crippen MR) is 114 cm³/mol. The van der Waals surface area contributed by atoms with E-state index in [0.29, 0.717) is 11.8 Å². The van der Waals surface area contributed by atoms with Gasteiger partial charge in [-0.1, -0.05) is 47.5 Å². The van der Waals surface area contributed by atoms with Gasteiger partial charge in [-0.15, -0.1) is 0 Å². The van der Waals surface area contributed by atoms with Gasteiger partial charge in [-0.05, 0) is 52.3 Å². The minimum absolute atomic E-state index is 0.116. The van der Waals surface area contributed by atoms with Gasteiger partial charge in [-0.3, -0.25) is 0 Å². The molecular weight excluding hydrogens is 402 g/mol. The molecule has 1 fully saturated rings. The number of ether oxygens (including phenoxy) is 1. The normalized spacial score (nSPS) is 23.5. The van der Waals surface area contributed by atoms with Crippen molar-refractivity contribution in [1.82, 2.24) is 5.32 Å². The van der Waals surface area contributed by atoms with Crippen LogP contribution in [0.5, 0.6) is 0 Å². The molecule has 0 spiro atoms. The van der Waals surface area contributed by atoms with E-state index in [4.69, 9.17) is 4.74 Å². The van der Waals surface area contributed by atoms with Crippen LogP contribution in [-0.2, 0) is 19.4 Å². The molecule has 7 heteroatoms. The molecule has 2 aromatic carbocycles. The molecule has 1 saturated carbocycles. The second-order valence-corrected chi connectivity index (χ2v) is 10.9. The number of nitrogens with one attached hydrogen (secondary N) is 1. The van der Waals surface area contributed by atoms with Gasteiger partial charge in [0, 0.05) is 5.92 Å². The molecule has 1 aliphatic carbocycles. The zero-order valence-corrected chi connectivity index (χ0v) is 18.6. The fourth-order valence-corrected chi connectivity index (χ4v) is 5.95. The second-order valence-electron chi connectivity index (χ2n) is 8.84. The van der Waals surface area contributed by atoms with Crippen LogP contribution < -0.4 is 5.32 Å². The van der Waals surface area contributed by atoms with E-state index in [9.17, 15) is 18.0 Å². The highest BCUT2D eigenvalue weighted by Crippen LogP contribution is 2.56. The number of amides is 1. The van der Waals surface area contributed by atoms with E-state index >= 15 is 0 Å². The topological polar surface area (TPSA) is 89.5 Å². The summed E-state index contributed by atoms with van der Waals surface area (Å²) < 4.78 is 32.2. The van der Waals surface area contributed by atoms with Gasteiger partial charge in [-0.2, -0.15) is 0 Å². The summed E-state index contributed by atoms with van der Waals surface area (Å²) >= 11 is 0. The average molecular weight is 430 g/mol. The predicted octanol–water partition coefficient (Wildman–Crippen LogP) is 3.71. The summed E-state index contributed by atoms with van der Waals surface area (Å²) in [6.45, 7) is 8.88. The molecule has 3 atom stereocenters. The molecule has 0 bridgehead atoms. The second kappa shape index (κ2) is 7.54. The molecule has 2 aromatic rings. The first-order chi connectivity index (χ1) is 13.9. The van der Waals surface area contributed by atoms with Gasteiger partial charge in [-0.25, -0.2) is 13.2 Å². The molecule has 1 amide bonds. The number of rotatable bonds is 5. The summed E-state index contributed by atoms with van der Waals surface area (Å²) in [5, 5.41) is 1.44. The summed E-state index contributed by atoms with van der Waals surface area (Å²) in [7, 11) is -3.90. The van der Waals surface area contributed by atoms with Crippen LogP contribution in [0.3, 0.4) is 0 Å². The maximum absolute atomic E-state index is 13.4. The summed E-state index contributed by atoms with van der Waals surface area (Å²) in [6, 6.07) is 13.8. The zero-order chi connectivity index (χ0) is 22.3. The summed E-state index contributed by atoms with van der Waals surface area (Å²) in [5.74, 6) is -0.713. The SMILES string of the molecule is Cc1ccc([C@H]2[C@@H](S(=O)(=O)c3ccc(C)cc3)[C@@]2(C=O)NC(=O)OC(C)(C)C)cc1. The van der Waals surface area contributed by atoms with Crippen LogP contribution in [0, 0.1) is 13.8 Å². The Hall–Kier alpha value is -2.67. The Morgan fingerprint density at radius 2 is 1.50 bits per heavy atom. The van der Waals surface area contributed by atoms with Crippen LogP contribution in [0.1, 0.15) is 43.4 Å². The third-order valence-corrected chi connectivity index (χ3v) is 7.47. The van der Waals surface area contributed by atoms with Crippen molar-refractivity contribution >= 4 is 22.2 Å². The first-order valence-electron chi connectivity index (χ1n) is 9.75. The molecule has 30 heavy (non-hydrogen) atoms. The molecule has 6 nitrogen and oxygen atoms in total.